The molecule has 0 radical (unpaired) electrons. The number of anilines is 3. The predicted octanol–water partition coefficient (Wildman–Crippen LogP) is -0.159. The van der Waals surface area contributed by atoms with Gasteiger partial charge in [-0.15, -0.1) is 0 Å². The zero-order valence-electron chi connectivity index (χ0n) is 48.3. The van der Waals surface area contributed by atoms with Crippen LogP contribution in [-0.2, 0) is 55.3 Å². The molecule has 9 N–H and O–H groups in total. The van der Waals surface area contributed by atoms with Crippen molar-refractivity contribution in [1.29, 1.82) is 0 Å². The number of hydrogen-bond acceptors (Lipinski definition) is 25. The Morgan fingerprint density at radius 2 is 1.00 bits per heavy atom. The minimum Gasteiger partial charge on any atom is -0.382 e. The van der Waals surface area contributed by atoms with Gasteiger partial charge in [-0.2, -0.15) is 9.97 Å². The van der Waals surface area contributed by atoms with Gasteiger partial charge in [0.1, 0.15) is 30.5 Å². The number of rotatable bonds is 22. The van der Waals surface area contributed by atoms with E-state index in [9.17, 15) is 14.2 Å². The highest BCUT2D eigenvalue weighted by Gasteiger charge is 2.48. The lowest BCUT2D eigenvalue weighted by Crippen LogP contribution is -2.50. The number of hydrogen-bond donors (Lipinski definition) is 6. The third-order valence-electron chi connectivity index (χ3n) is 14.5. The molecule has 0 amide bonds. The largest absolute Gasteiger partial charge is 0.382 e. The molecule has 6 aromatic rings. The second-order valence-electron chi connectivity index (χ2n) is 21.5. The van der Waals surface area contributed by atoms with Crippen LogP contribution in [0.1, 0.15) is 25.6 Å². The molecule has 6 aromatic heterocycles. The zero-order chi connectivity index (χ0) is 60.9. The quantitative estimate of drug-likeness (QED) is 0.0481. The second kappa shape index (κ2) is 25.6. The van der Waals surface area contributed by atoms with Crippen molar-refractivity contribution < 1.29 is 55.3 Å². The molecule has 468 valence electrons. The van der Waals surface area contributed by atoms with Gasteiger partial charge in [-0.25, -0.2) is 57.6 Å². The van der Waals surface area contributed by atoms with Crippen molar-refractivity contribution in [3.63, 3.8) is 0 Å². The number of nitrogens with one attached hydrogen (secondary N) is 3. The highest BCUT2D eigenvalue weighted by molar-refractivity contribution is 7.54. The lowest BCUT2D eigenvalue weighted by Gasteiger charge is -2.45. The van der Waals surface area contributed by atoms with E-state index in [1.54, 1.807) is 81.3 Å². The van der Waals surface area contributed by atoms with Gasteiger partial charge < -0.3 is 59.6 Å². The SMILES string of the molecule is C[C@H]1CN(P(=O)(OC[C@@H]2CNC[C@H](n3cnc4c(N)ncnc43)O2)N(C)C)C[C@@H](COP(=O)(N(C)C)N2C[C@@H](COP(=O)(N(C)C)N3C[C@@H](CO[PH](=O)N(C)C)O[C@@H](n4cnc5c(=O)[nH]c(N)nc54)C3)O[C@@H](n3cnc4c(=O)[nH]c(N)nc43)C2)O1. The maximum Gasteiger partial charge on any atom is 0.345 e. The van der Waals surface area contributed by atoms with Crippen molar-refractivity contribution >= 4 is 82.4 Å². The summed E-state index contributed by atoms with van der Waals surface area (Å²) in [7, 11) is -1.88. The van der Waals surface area contributed by atoms with Crippen LogP contribution in [0.4, 0.5) is 17.7 Å². The Morgan fingerprint density at radius 1 is 0.565 bits per heavy atom. The summed E-state index contributed by atoms with van der Waals surface area (Å²) in [5.74, 6) is -0.116. The van der Waals surface area contributed by atoms with Gasteiger partial charge in [0.2, 0.25) is 11.9 Å². The number of nitrogen functional groups attached to an aromatic ring is 3. The van der Waals surface area contributed by atoms with E-state index in [-0.39, 0.29) is 106 Å². The molecule has 4 saturated heterocycles. The topological polar surface area (TPSA) is 426 Å². The van der Waals surface area contributed by atoms with Crippen molar-refractivity contribution in [3.8, 4) is 0 Å². The lowest BCUT2D eigenvalue weighted by molar-refractivity contribution is -0.125. The van der Waals surface area contributed by atoms with Gasteiger partial charge in [0.05, 0.1) is 89.0 Å². The van der Waals surface area contributed by atoms with Crippen LogP contribution in [0.25, 0.3) is 33.5 Å². The fraction of sp³-hybridized carbons (Fsp3) is 0.659. The molecule has 85 heavy (non-hydrogen) atoms. The van der Waals surface area contributed by atoms with Crippen LogP contribution in [0.2, 0.25) is 0 Å². The summed E-state index contributed by atoms with van der Waals surface area (Å²) < 4.78 is 126. The molecule has 37 nitrogen and oxygen atoms in total. The maximum atomic E-state index is 15.8. The summed E-state index contributed by atoms with van der Waals surface area (Å²) in [4.78, 5) is 60.7. The average molecular weight is 1270 g/mol. The summed E-state index contributed by atoms with van der Waals surface area (Å²) in [6, 6.07) is 0. The molecule has 41 heteroatoms. The molecule has 12 atom stereocenters. The van der Waals surface area contributed by atoms with Gasteiger partial charge in [-0.05, 0) is 63.3 Å². The van der Waals surface area contributed by atoms with Gasteiger partial charge in [0.15, 0.2) is 33.8 Å². The highest BCUT2D eigenvalue weighted by atomic mass is 31.2. The standard InChI is InChI=1S/C44H73N23O14P4/c1-26-12-62(83(71,59(4)5)75-19-27-10-48-11-31(79-27)65-23-51-34-37(45)49-22-50-38(34)65)14-29(78-26)20-76-85(73,61(8)9)64-15-30(81-33(17-64)67-25-53-36-40(67)55-44(47)57-42(36)69)21-77-84(72,60(6)7)63-13-28(18-74-82(70)58(2)3)80-32(16-63)66-24-52-35-39(66)54-43(46)56-41(35)68/h22-33,48,82H,10-21H2,1-9H3,(H2,45,49,50)(H3,46,54,56,68)(H3,47,55,57,69)/t26-,27-,28-,29-,30-,31+,32+,33+,83?,84?,85?/m0/s1. The monoisotopic (exact) mass is 1270 g/mol. The maximum absolute atomic E-state index is 15.8. The van der Waals surface area contributed by atoms with Crippen molar-refractivity contribution in [2.75, 3.05) is 152 Å². The molecule has 4 fully saturated rings. The van der Waals surface area contributed by atoms with Gasteiger partial charge in [-0.3, -0.25) is 51.5 Å². The molecular formula is C44H73N23O14P4. The normalized spacial score (nSPS) is 26.9. The molecule has 4 aliphatic heterocycles. The van der Waals surface area contributed by atoms with Crippen molar-refractivity contribution in [2.24, 2.45) is 0 Å². The van der Waals surface area contributed by atoms with Crippen LogP contribution < -0.4 is 33.6 Å². The minimum atomic E-state index is -4.15. The van der Waals surface area contributed by atoms with Crippen LogP contribution >= 0.6 is 31.2 Å². The van der Waals surface area contributed by atoms with Crippen molar-refractivity contribution in [3.05, 3.63) is 46.0 Å². The van der Waals surface area contributed by atoms with Crippen LogP contribution in [0.3, 0.4) is 0 Å². The van der Waals surface area contributed by atoms with E-state index in [0.717, 1.165) is 0 Å². The Hall–Kier alpha value is -5.07. The smallest absolute Gasteiger partial charge is 0.345 e. The first-order valence-corrected chi connectivity index (χ1v) is 32.8. The predicted molar refractivity (Wildman–Crippen MR) is 309 cm³/mol. The van der Waals surface area contributed by atoms with E-state index >= 15 is 13.7 Å². The molecule has 0 saturated carbocycles. The minimum absolute atomic E-state index is 0.0186. The number of ether oxygens (including phenoxy) is 4. The van der Waals surface area contributed by atoms with Gasteiger partial charge in [0, 0.05) is 39.3 Å². The summed E-state index contributed by atoms with van der Waals surface area (Å²) in [5.41, 5.74) is 17.9. The third kappa shape index (κ3) is 13.1. The average Bonchev–Trinajstić information content (AvgIpc) is 3.43. The molecule has 0 aromatic carbocycles. The number of fused-ring (bicyclic) bond motifs is 3. The number of H-pyrrole nitrogens is 2. The Morgan fingerprint density at radius 3 is 1.49 bits per heavy atom. The van der Waals surface area contributed by atoms with E-state index in [1.807, 2.05) is 6.92 Å². The summed E-state index contributed by atoms with van der Waals surface area (Å²) >= 11 is 0. The van der Waals surface area contributed by atoms with Crippen LogP contribution in [-0.4, -0.2) is 257 Å². The Balaban J connectivity index is 0.879. The first-order chi connectivity index (χ1) is 40.3. The van der Waals surface area contributed by atoms with Gasteiger partial charge in [-0.1, -0.05) is 0 Å². The molecule has 10 heterocycles. The van der Waals surface area contributed by atoms with Gasteiger partial charge in [0.25, 0.3) is 19.3 Å². The first-order valence-electron chi connectivity index (χ1n) is 26.9. The molecule has 4 aliphatic rings. The Bertz CT molecular complexity index is 3660. The van der Waals surface area contributed by atoms with E-state index in [4.69, 9.17) is 54.2 Å². The van der Waals surface area contributed by atoms with Crippen molar-refractivity contribution in [1.82, 2.24) is 96.6 Å². The number of nitrogens with two attached hydrogens (primary N) is 3. The lowest BCUT2D eigenvalue weighted by atomic mass is 10.2. The third-order valence-corrected chi connectivity index (χ3v) is 23.2. The number of aromatic amines is 2. The summed E-state index contributed by atoms with van der Waals surface area (Å²) in [6.45, 7) is 1.66. The van der Waals surface area contributed by atoms with E-state index in [2.05, 4.69) is 50.2 Å². The molecule has 10 rings (SSSR count). The fourth-order valence-corrected chi connectivity index (χ4v) is 17.0. The van der Waals surface area contributed by atoms with E-state index in [0.29, 0.717) is 24.3 Å². The van der Waals surface area contributed by atoms with Gasteiger partial charge >= 0.3 is 23.0 Å². The zero-order valence-corrected chi connectivity index (χ0v) is 52.0. The second-order valence-corrected chi connectivity index (χ2v) is 31.0. The Kier molecular flexibility index (Phi) is 18.9. The number of morpholine rings is 4. The van der Waals surface area contributed by atoms with E-state index in [1.165, 1.54) is 46.8 Å². The number of nitrogens with zero attached hydrogens (tertiary/aromatic N) is 17. The number of imidazole rings is 3. The van der Waals surface area contributed by atoms with Crippen LogP contribution in [0.15, 0.2) is 34.9 Å². The summed E-state index contributed by atoms with van der Waals surface area (Å²) in [5, 5.41) is 3.35. The van der Waals surface area contributed by atoms with Crippen LogP contribution in [0, 0.1) is 0 Å². The van der Waals surface area contributed by atoms with Crippen LogP contribution in [0.5, 0.6) is 0 Å². The Labute approximate surface area is 487 Å². The molecule has 4 unspecified atom stereocenters. The molecule has 0 aliphatic carbocycles. The number of aromatic nitrogens is 12. The molecular weight excluding hydrogens is 1200 g/mol. The van der Waals surface area contributed by atoms with Crippen molar-refractivity contribution in [2.45, 2.75) is 56.1 Å². The molecule has 0 spiro atoms. The fourth-order valence-electron chi connectivity index (χ4n) is 10.3. The summed E-state index contributed by atoms with van der Waals surface area (Å²) in [6.07, 6.45) is -0.675. The first kappa shape index (κ1) is 63.0. The van der Waals surface area contributed by atoms with E-state index < -0.39 is 91.5 Å². The molecule has 0 bridgehead atoms. The highest BCUT2D eigenvalue weighted by Crippen LogP contribution is 2.58.